The van der Waals surface area contributed by atoms with Gasteiger partial charge in [-0.1, -0.05) is 0 Å². The molecule has 1 aromatic carbocycles. The van der Waals surface area contributed by atoms with Gasteiger partial charge in [0.15, 0.2) is 0 Å². The van der Waals surface area contributed by atoms with E-state index in [0.29, 0.717) is 5.56 Å². The Hall–Kier alpha value is -1.73. The molecule has 1 heterocycles. The summed E-state index contributed by atoms with van der Waals surface area (Å²) in [4.78, 5) is 7.01. The van der Waals surface area contributed by atoms with Crippen molar-refractivity contribution in [2.24, 2.45) is 0 Å². The lowest BCUT2D eigenvalue weighted by molar-refractivity contribution is 0.600. The molecule has 0 atom stereocenters. The van der Waals surface area contributed by atoms with Crippen molar-refractivity contribution in [2.45, 2.75) is 11.8 Å². The zero-order valence-electron chi connectivity index (χ0n) is 9.76. The van der Waals surface area contributed by atoms with Crippen molar-refractivity contribution in [3.63, 3.8) is 0 Å². The minimum atomic E-state index is -3.86. The Labute approximate surface area is 114 Å². The summed E-state index contributed by atoms with van der Waals surface area (Å²) in [5.74, 6) is -0.523. The van der Waals surface area contributed by atoms with Gasteiger partial charge in [0.2, 0.25) is 5.28 Å². The number of benzene rings is 1. The second-order valence-electron chi connectivity index (χ2n) is 3.81. The lowest BCUT2D eigenvalue weighted by Gasteiger charge is -2.08. The van der Waals surface area contributed by atoms with Crippen molar-refractivity contribution in [1.82, 2.24) is 9.97 Å². The highest BCUT2D eigenvalue weighted by Crippen LogP contribution is 2.18. The van der Waals surface area contributed by atoms with Crippen LogP contribution in [0, 0.1) is 12.7 Å². The first kappa shape index (κ1) is 13.7. The molecule has 0 unspecified atom stereocenters. The molecule has 1 N–H and O–H groups in total. The maximum absolute atomic E-state index is 13.2. The number of anilines is 1. The number of aromatic nitrogens is 2. The number of rotatable bonds is 3. The van der Waals surface area contributed by atoms with E-state index in [-0.39, 0.29) is 15.9 Å². The monoisotopic (exact) mass is 301 g/mol. The van der Waals surface area contributed by atoms with Crippen LogP contribution in [-0.2, 0) is 10.0 Å². The number of aryl methyl sites for hydroxylation is 1. The van der Waals surface area contributed by atoms with Crippen LogP contribution in [0.2, 0.25) is 5.28 Å². The quantitative estimate of drug-likeness (QED) is 0.884. The van der Waals surface area contributed by atoms with Crippen LogP contribution in [-0.4, -0.2) is 18.4 Å². The molecule has 2 rings (SSSR count). The highest BCUT2D eigenvalue weighted by Gasteiger charge is 2.15. The van der Waals surface area contributed by atoms with E-state index in [1.54, 1.807) is 6.92 Å². The Morgan fingerprint density at radius 1 is 1.21 bits per heavy atom. The summed E-state index contributed by atoms with van der Waals surface area (Å²) in [5.41, 5.74) is 0.734. The first-order valence-corrected chi connectivity index (χ1v) is 7.00. The molecular formula is C11H9ClFN3O2S. The van der Waals surface area contributed by atoms with Crippen LogP contribution in [0.25, 0.3) is 0 Å². The third-order valence-corrected chi connectivity index (χ3v) is 3.73. The summed E-state index contributed by atoms with van der Waals surface area (Å²) < 4.78 is 39.4. The van der Waals surface area contributed by atoms with E-state index >= 15 is 0 Å². The van der Waals surface area contributed by atoms with Crippen molar-refractivity contribution in [1.29, 1.82) is 0 Å². The number of halogens is 2. The molecule has 0 aliphatic rings. The molecule has 5 nitrogen and oxygen atoms in total. The second-order valence-corrected chi connectivity index (χ2v) is 5.83. The molecule has 0 fully saturated rings. The lowest BCUT2D eigenvalue weighted by atomic mass is 10.2. The van der Waals surface area contributed by atoms with E-state index in [9.17, 15) is 12.8 Å². The molecule has 1 aromatic heterocycles. The molecule has 100 valence electrons. The summed E-state index contributed by atoms with van der Waals surface area (Å²) in [7, 11) is -3.86. The van der Waals surface area contributed by atoms with Gasteiger partial charge in [0.25, 0.3) is 10.0 Å². The summed E-state index contributed by atoms with van der Waals surface area (Å²) in [5, 5.41) is -0.0550. The van der Waals surface area contributed by atoms with Gasteiger partial charge in [-0.3, -0.25) is 4.72 Å². The average Bonchev–Trinajstić information content (AvgIpc) is 2.27. The smallest absolute Gasteiger partial charge is 0.264 e. The van der Waals surface area contributed by atoms with Gasteiger partial charge in [-0.15, -0.1) is 0 Å². The van der Waals surface area contributed by atoms with Gasteiger partial charge in [-0.05, 0) is 42.3 Å². The van der Waals surface area contributed by atoms with Gasteiger partial charge in [0, 0.05) is 0 Å². The molecule has 0 aliphatic heterocycles. The molecule has 0 radical (unpaired) electrons. The third kappa shape index (κ3) is 3.39. The number of nitrogens with zero attached hydrogens (tertiary/aromatic N) is 2. The molecule has 2 aromatic rings. The fourth-order valence-corrected chi connectivity index (χ4v) is 2.48. The summed E-state index contributed by atoms with van der Waals surface area (Å²) >= 11 is 5.48. The highest BCUT2D eigenvalue weighted by molar-refractivity contribution is 7.92. The number of nitrogens with one attached hydrogen (secondary N) is 1. The van der Waals surface area contributed by atoms with Gasteiger partial charge in [-0.2, -0.15) is 0 Å². The van der Waals surface area contributed by atoms with Crippen molar-refractivity contribution in [3.05, 3.63) is 47.3 Å². The molecule has 0 saturated carbocycles. The van der Waals surface area contributed by atoms with E-state index in [4.69, 9.17) is 11.6 Å². The van der Waals surface area contributed by atoms with Crippen molar-refractivity contribution >= 4 is 27.3 Å². The van der Waals surface area contributed by atoms with Gasteiger partial charge in [0.05, 0.1) is 18.1 Å². The molecule has 8 heteroatoms. The van der Waals surface area contributed by atoms with Crippen molar-refractivity contribution < 1.29 is 12.8 Å². The Balaban J connectivity index is 2.33. The Morgan fingerprint density at radius 2 is 1.84 bits per heavy atom. The number of hydrogen-bond acceptors (Lipinski definition) is 4. The molecule has 19 heavy (non-hydrogen) atoms. The lowest BCUT2D eigenvalue weighted by Crippen LogP contribution is -2.13. The maximum atomic E-state index is 13.2. The largest absolute Gasteiger partial charge is 0.279 e. The van der Waals surface area contributed by atoms with E-state index < -0.39 is 15.8 Å². The van der Waals surface area contributed by atoms with Crippen LogP contribution in [0.5, 0.6) is 0 Å². The van der Waals surface area contributed by atoms with Crippen LogP contribution in [0.1, 0.15) is 5.56 Å². The number of sulfonamides is 1. The van der Waals surface area contributed by atoms with Gasteiger partial charge < -0.3 is 0 Å². The van der Waals surface area contributed by atoms with Crippen LogP contribution in [0.3, 0.4) is 0 Å². The van der Waals surface area contributed by atoms with Gasteiger partial charge >= 0.3 is 0 Å². The molecule has 0 amide bonds. The molecule has 0 aliphatic carbocycles. The Bertz CT molecular complexity index is 684. The zero-order chi connectivity index (χ0) is 14.0. The van der Waals surface area contributed by atoms with E-state index in [2.05, 4.69) is 14.7 Å². The zero-order valence-corrected chi connectivity index (χ0v) is 11.3. The SMILES string of the molecule is Cc1cc(F)cc(NS(=O)(=O)c2cnc(Cl)nc2)c1. The molecule has 0 spiro atoms. The van der Waals surface area contributed by atoms with Crippen LogP contribution >= 0.6 is 11.6 Å². The van der Waals surface area contributed by atoms with E-state index in [0.717, 1.165) is 18.5 Å². The highest BCUT2D eigenvalue weighted by atomic mass is 35.5. The normalized spacial score (nSPS) is 11.3. The predicted molar refractivity (Wildman–Crippen MR) is 69.0 cm³/mol. The van der Waals surface area contributed by atoms with Crippen LogP contribution in [0.4, 0.5) is 10.1 Å². The molecular weight excluding hydrogens is 293 g/mol. The minimum absolute atomic E-state index is 0.0550. The minimum Gasteiger partial charge on any atom is -0.279 e. The predicted octanol–water partition coefficient (Wildman–Crippen LogP) is 2.38. The van der Waals surface area contributed by atoms with Crippen LogP contribution in [0.15, 0.2) is 35.5 Å². The van der Waals surface area contributed by atoms with Crippen molar-refractivity contribution in [2.75, 3.05) is 4.72 Å². The second kappa shape index (κ2) is 5.10. The fraction of sp³-hybridized carbons (Fsp3) is 0.0909. The first-order valence-electron chi connectivity index (χ1n) is 5.14. The van der Waals surface area contributed by atoms with Crippen LogP contribution < -0.4 is 4.72 Å². The number of hydrogen-bond donors (Lipinski definition) is 1. The molecule has 0 saturated heterocycles. The summed E-state index contributed by atoms with van der Waals surface area (Å²) in [6.07, 6.45) is 2.15. The van der Waals surface area contributed by atoms with Gasteiger partial charge in [-0.25, -0.2) is 22.8 Å². The summed E-state index contributed by atoms with van der Waals surface area (Å²) in [6.45, 7) is 1.66. The van der Waals surface area contributed by atoms with Gasteiger partial charge in [0.1, 0.15) is 10.7 Å². The third-order valence-electron chi connectivity index (χ3n) is 2.20. The maximum Gasteiger partial charge on any atom is 0.264 e. The van der Waals surface area contributed by atoms with E-state index in [1.165, 1.54) is 12.1 Å². The fourth-order valence-electron chi connectivity index (χ4n) is 1.45. The Kier molecular flexibility index (Phi) is 3.68. The summed E-state index contributed by atoms with van der Waals surface area (Å²) in [6, 6.07) is 3.89. The molecule has 0 bridgehead atoms. The van der Waals surface area contributed by atoms with Crippen molar-refractivity contribution in [3.8, 4) is 0 Å². The average molecular weight is 302 g/mol. The Morgan fingerprint density at radius 3 is 2.42 bits per heavy atom. The first-order chi connectivity index (χ1) is 8.87. The topological polar surface area (TPSA) is 72.0 Å². The van der Waals surface area contributed by atoms with E-state index in [1.807, 2.05) is 0 Å². The standard InChI is InChI=1S/C11H9ClFN3O2S/c1-7-2-8(13)4-9(3-7)16-19(17,18)10-5-14-11(12)15-6-10/h2-6,16H,1H3.